The van der Waals surface area contributed by atoms with Gasteiger partial charge >= 0.3 is 0 Å². The summed E-state index contributed by atoms with van der Waals surface area (Å²) >= 11 is 0. The SMILES string of the molecule is COc1ccc(/C(O)=C2/C(=O)C(=O)N(Cc3ccc(F)cc3)C2c2ccco2)cc1C(C)C. The number of likely N-dealkylation sites (tertiary alicyclic amines) is 1. The minimum absolute atomic E-state index is 0.0485. The van der Waals surface area contributed by atoms with Gasteiger partial charge < -0.3 is 19.2 Å². The molecule has 3 aromatic rings. The Labute approximate surface area is 190 Å². The topological polar surface area (TPSA) is 80.0 Å². The quantitative estimate of drug-likeness (QED) is 0.319. The third-order valence-corrected chi connectivity index (χ3v) is 5.74. The van der Waals surface area contributed by atoms with Crippen molar-refractivity contribution in [2.24, 2.45) is 0 Å². The van der Waals surface area contributed by atoms with Crippen molar-refractivity contribution in [3.05, 3.63) is 94.7 Å². The van der Waals surface area contributed by atoms with E-state index in [0.29, 0.717) is 22.6 Å². The van der Waals surface area contributed by atoms with E-state index in [1.807, 2.05) is 13.8 Å². The standard InChI is InChI=1S/C26H24FNO5/c1-15(2)19-13-17(8-11-20(19)32-3)24(29)22-23(21-5-4-12-33-21)28(26(31)25(22)30)14-16-6-9-18(27)10-7-16/h4-13,15,23,29H,14H2,1-3H3/b24-22-. The molecule has 0 saturated carbocycles. The van der Waals surface area contributed by atoms with Crippen molar-refractivity contribution in [2.45, 2.75) is 32.4 Å². The third-order valence-electron chi connectivity index (χ3n) is 5.74. The number of benzene rings is 2. The molecule has 0 aliphatic carbocycles. The normalized spacial score (nSPS) is 17.7. The zero-order chi connectivity index (χ0) is 23.7. The average Bonchev–Trinajstić information content (AvgIpc) is 3.42. The number of carbonyl (C=O) groups excluding carboxylic acids is 2. The number of furan rings is 1. The van der Waals surface area contributed by atoms with Gasteiger partial charge in [0.25, 0.3) is 11.7 Å². The number of ketones is 1. The van der Waals surface area contributed by atoms with Crippen LogP contribution >= 0.6 is 0 Å². The van der Waals surface area contributed by atoms with Crippen LogP contribution in [0.1, 0.15) is 48.3 Å². The molecule has 170 valence electrons. The van der Waals surface area contributed by atoms with Gasteiger partial charge in [-0.2, -0.15) is 0 Å². The van der Waals surface area contributed by atoms with Gasteiger partial charge in [-0.15, -0.1) is 0 Å². The second-order valence-corrected chi connectivity index (χ2v) is 8.18. The minimum Gasteiger partial charge on any atom is -0.507 e. The second-order valence-electron chi connectivity index (χ2n) is 8.18. The van der Waals surface area contributed by atoms with Crippen molar-refractivity contribution in [3.63, 3.8) is 0 Å². The lowest BCUT2D eigenvalue weighted by Crippen LogP contribution is -2.29. The van der Waals surface area contributed by atoms with E-state index in [1.165, 1.54) is 23.3 Å². The molecule has 33 heavy (non-hydrogen) atoms. The number of ether oxygens (including phenoxy) is 1. The van der Waals surface area contributed by atoms with E-state index in [9.17, 15) is 19.1 Å². The molecule has 1 aromatic heterocycles. The van der Waals surface area contributed by atoms with Crippen LogP contribution in [0.15, 0.2) is 70.9 Å². The Kier molecular flexibility index (Phi) is 6.05. The van der Waals surface area contributed by atoms with Gasteiger partial charge in [-0.1, -0.05) is 26.0 Å². The highest BCUT2D eigenvalue weighted by molar-refractivity contribution is 6.46. The summed E-state index contributed by atoms with van der Waals surface area (Å²) in [7, 11) is 1.57. The lowest BCUT2D eigenvalue weighted by molar-refractivity contribution is -0.140. The Hall–Kier alpha value is -3.87. The number of amides is 1. The molecule has 2 heterocycles. The molecular formula is C26H24FNO5. The first-order valence-electron chi connectivity index (χ1n) is 10.6. The number of hydrogen-bond acceptors (Lipinski definition) is 5. The molecule has 1 unspecified atom stereocenters. The average molecular weight is 449 g/mol. The van der Waals surface area contributed by atoms with Crippen LogP contribution < -0.4 is 4.74 Å². The van der Waals surface area contributed by atoms with E-state index in [1.54, 1.807) is 49.6 Å². The molecule has 4 rings (SSSR count). The Balaban J connectivity index is 1.83. The van der Waals surface area contributed by atoms with Gasteiger partial charge in [0, 0.05) is 12.1 Å². The van der Waals surface area contributed by atoms with Gasteiger partial charge in [0.2, 0.25) is 0 Å². The van der Waals surface area contributed by atoms with Gasteiger partial charge in [0.15, 0.2) is 0 Å². The number of aliphatic hydroxyl groups excluding tert-OH is 1. The number of rotatable bonds is 6. The summed E-state index contributed by atoms with van der Waals surface area (Å²) in [5, 5.41) is 11.2. The fourth-order valence-corrected chi connectivity index (χ4v) is 4.06. The van der Waals surface area contributed by atoms with Crippen LogP contribution in [0.5, 0.6) is 5.75 Å². The highest BCUT2D eigenvalue weighted by Gasteiger charge is 2.47. The molecule has 6 nitrogen and oxygen atoms in total. The van der Waals surface area contributed by atoms with Gasteiger partial charge in [-0.25, -0.2) is 4.39 Å². The third kappa shape index (κ3) is 4.14. The van der Waals surface area contributed by atoms with E-state index in [0.717, 1.165) is 5.56 Å². The van der Waals surface area contributed by atoms with E-state index >= 15 is 0 Å². The fourth-order valence-electron chi connectivity index (χ4n) is 4.06. The van der Waals surface area contributed by atoms with Gasteiger partial charge in [-0.3, -0.25) is 9.59 Å². The Morgan fingerprint density at radius 1 is 1.15 bits per heavy atom. The molecule has 1 amide bonds. The molecule has 2 aromatic carbocycles. The number of halogens is 1. The molecule has 0 spiro atoms. The maximum absolute atomic E-state index is 13.3. The fraction of sp³-hybridized carbons (Fsp3) is 0.231. The zero-order valence-electron chi connectivity index (χ0n) is 18.5. The summed E-state index contributed by atoms with van der Waals surface area (Å²) in [5.41, 5.74) is 1.84. The van der Waals surface area contributed by atoms with Crippen LogP contribution in [-0.4, -0.2) is 28.8 Å². The van der Waals surface area contributed by atoms with E-state index in [2.05, 4.69) is 0 Å². The van der Waals surface area contributed by atoms with E-state index < -0.39 is 23.5 Å². The number of carbonyl (C=O) groups is 2. The number of methoxy groups -OCH3 is 1. The highest BCUT2D eigenvalue weighted by Crippen LogP contribution is 2.41. The summed E-state index contributed by atoms with van der Waals surface area (Å²) in [4.78, 5) is 27.4. The van der Waals surface area contributed by atoms with Crippen molar-refractivity contribution in [1.82, 2.24) is 4.90 Å². The molecule has 1 fully saturated rings. The second kappa shape index (κ2) is 8.94. The van der Waals surface area contributed by atoms with Crippen molar-refractivity contribution >= 4 is 17.4 Å². The van der Waals surface area contributed by atoms with Crippen LogP contribution in [-0.2, 0) is 16.1 Å². The summed E-state index contributed by atoms with van der Waals surface area (Å²) < 4.78 is 24.3. The zero-order valence-corrected chi connectivity index (χ0v) is 18.5. The molecule has 0 bridgehead atoms. The van der Waals surface area contributed by atoms with Crippen LogP contribution in [0.2, 0.25) is 0 Å². The van der Waals surface area contributed by atoms with Gasteiger partial charge in [0.1, 0.15) is 29.1 Å². The smallest absolute Gasteiger partial charge is 0.296 e. The number of hydrogen-bond donors (Lipinski definition) is 1. The minimum atomic E-state index is -0.922. The first-order chi connectivity index (χ1) is 15.8. The lowest BCUT2D eigenvalue weighted by atomic mass is 9.95. The maximum Gasteiger partial charge on any atom is 0.296 e. The summed E-state index contributed by atoms with van der Waals surface area (Å²) in [6.45, 7) is 4.03. The summed E-state index contributed by atoms with van der Waals surface area (Å²) in [5.74, 6) is -1.15. The molecule has 1 aliphatic rings. The van der Waals surface area contributed by atoms with Crippen molar-refractivity contribution in [3.8, 4) is 5.75 Å². The van der Waals surface area contributed by atoms with E-state index in [4.69, 9.17) is 9.15 Å². The Bertz CT molecular complexity index is 1210. The monoisotopic (exact) mass is 449 g/mol. The predicted octanol–water partition coefficient (Wildman–Crippen LogP) is 5.17. The Morgan fingerprint density at radius 2 is 1.88 bits per heavy atom. The number of nitrogens with zero attached hydrogens (tertiary/aromatic N) is 1. The lowest BCUT2D eigenvalue weighted by Gasteiger charge is -2.23. The molecule has 0 radical (unpaired) electrons. The summed E-state index contributed by atoms with van der Waals surface area (Å²) in [6, 6.07) is 13.2. The van der Waals surface area contributed by atoms with Crippen molar-refractivity contribution in [2.75, 3.05) is 7.11 Å². The van der Waals surface area contributed by atoms with Crippen molar-refractivity contribution < 1.29 is 28.2 Å². The number of Topliss-reactive ketones (excluding diaryl/α,β-unsaturated/α-hetero) is 1. The first kappa shape index (κ1) is 22.3. The van der Waals surface area contributed by atoms with Gasteiger partial charge in [-0.05, 0) is 59.5 Å². The maximum atomic E-state index is 13.3. The molecule has 1 atom stereocenters. The van der Waals surface area contributed by atoms with Crippen LogP contribution in [0.25, 0.3) is 5.76 Å². The van der Waals surface area contributed by atoms with Crippen molar-refractivity contribution in [1.29, 1.82) is 0 Å². The molecule has 7 heteroatoms. The molecular weight excluding hydrogens is 425 g/mol. The molecule has 1 N–H and O–H groups in total. The molecule has 1 aliphatic heterocycles. The predicted molar refractivity (Wildman–Crippen MR) is 120 cm³/mol. The summed E-state index contributed by atoms with van der Waals surface area (Å²) in [6.07, 6.45) is 1.44. The van der Waals surface area contributed by atoms with E-state index in [-0.39, 0.29) is 23.8 Å². The highest BCUT2D eigenvalue weighted by atomic mass is 19.1. The first-order valence-corrected chi connectivity index (χ1v) is 10.6. The molecule has 1 saturated heterocycles. The Morgan fingerprint density at radius 3 is 2.48 bits per heavy atom. The van der Waals surface area contributed by atoms with Gasteiger partial charge in [0.05, 0.1) is 18.9 Å². The number of aliphatic hydroxyl groups is 1. The van der Waals surface area contributed by atoms with Crippen LogP contribution in [0.4, 0.5) is 4.39 Å². The largest absolute Gasteiger partial charge is 0.507 e. The van der Waals surface area contributed by atoms with Crippen LogP contribution in [0, 0.1) is 5.82 Å². The van der Waals surface area contributed by atoms with Crippen LogP contribution in [0.3, 0.4) is 0 Å².